The average Bonchev–Trinajstić information content (AvgIpc) is 2.89. The van der Waals surface area contributed by atoms with Crippen LogP contribution < -0.4 is 9.62 Å². The van der Waals surface area contributed by atoms with Gasteiger partial charge in [0.1, 0.15) is 18.4 Å². The fourth-order valence-electron chi connectivity index (χ4n) is 4.46. The van der Waals surface area contributed by atoms with Crippen molar-refractivity contribution >= 4 is 27.7 Å². The summed E-state index contributed by atoms with van der Waals surface area (Å²) < 4.78 is 41.7. The quantitative estimate of drug-likeness (QED) is 0.481. The lowest BCUT2D eigenvalue weighted by molar-refractivity contribution is -0.139. The monoisotopic (exact) mass is 532 g/mol. The number of nitrogens with zero attached hydrogens (tertiary/aromatic N) is 3. The lowest BCUT2D eigenvalue weighted by Gasteiger charge is -2.33. The molecule has 1 fully saturated rings. The highest BCUT2D eigenvalue weighted by atomic mass is 32.2. The molecule has 1 saturated carbocycles. The molecule has 37 heavy (non-hydrogen) atoms. The third-order valence-electron chi connectivity index (χ3n) is 6.74. The van der Waals surface area contributed by atoms with Gasteiger partial charge in [-0.05, 0) is 56.0 Å². The third kappa shape index (κ3) is 7.75. The maximum absolute atomic E-state index is 13.7. The second kappa shape index (κ2) is 13.0. The summed E-state index contributed by atoms with van der Waals surface area (Å²) in [7, 11) is -1.34. The molecular formula is C27H37FN4O4S. The van der Waals surface area contributed by atoms with Gasteiger partial charge in [0.2, 0.25) is 11.8 Å². The van der Waals surface area contributed by atoms with Gasteiger partial charge in [-0.15, -0.1) is 0 Å². The van der Waals surface area contributed by atoms with Crippen LogP contribution in [0.4, 0.5) is 10.1 Å². The van der Waals surface area contributed by atoms with Gasteiger partial charge in [0.05, 0.1) is 5.69 Å². The van der Waals surface area contributed by atoms with E-state index in [0.29, 0.717) is 6.42 Å². The normalized spacial score (nSPS) is 15.3. The van der Waals surface area contributed by atoms with E-state index in [0.717, 1.165) is 58.4 Å². The number of carbonyl (C=O) groups is 2. The highest BCUT2D eigenvalue weighted by Crippen LogP contribution is 2.21. The van der Waals surface area contributed by atoms with Crippen LogP contribution in [0.5, 0.6) is 0 Å². The van der Waals surface area contributed by atoms with Crippen LogP contribution in [0.3, 0.4) is 0 Å². The van der Waals surface area contributed by atoms with Crippen molar-refractivity contribution in [3.05, 3.63) is 66.0 Å². The molecule has 2 aromatic rings. The van der Waals surface area contributed by atoms with Gasteiger partial charge in [0.25, 0.3) is 0 Å². The number of hydrogen-bond acceptors (Lipinski definition) is 4. The molecule has 2 aromatic carbocycles. The zero-order valence-electron chi connectivity index (χ0n) is 21.8. The van der Waals surface area contributed by atoms with E-state index in [2.05, 4.69) is 5.32 Å². The van der Waals surface area contributed by atoms with Gasteiger partial charge in [0, 0.05) is 26.7 Å². The number of amides is 2. The van der Waals surface area contributed by atoms with Crippen LogP contribution in [-0.2, 0) is 26.2 Å². The molecule has 0 bridgehead atoms. The van der Waals surface area contributed by atoms with Crippen LogP contribution >= 0.6 is 0 Å². The Labute approximate surface area is 219 Å². The fourth-order valence-corrected chi connectivity index (χ4v) is 5.52. The summed E-state index contributed by atoms with van der Waals surface area (Å²) in [6.07, 6.45) is 5.61. The molecule has 3 rings (SSSR count). The van der Waals surface area contributed by atoms with Crippen molar-refractivity contribution in [1.82, 2.24) is 14.5 Å². The molecule has 10 heteroatoms. The summed E-state index contributed by atoms with van der Waals surface area (Å²) in [5.74, 6) is -1.29. The van der Waals surface area contributed by atoms with E-state index < -0.39 is 34.5 Å². The number of nitrogens with one attached hydrogen (secondary N) is 1. The summed E-state index contributed by atoms with van der Waals surface area (Å²) in [4.78, 5) is 28.3. The van der Waals surface area contributed by atoms with Crippen molar-refractivity contribution < 1.29 is 22.4 Å². The second-order valence-corrected chi connectivity index (χ2v) is 11.7. The molecule has 0 heterocycles. The lowest BCUT2D eigenvalue weighted by atomic mass is 9.95. The van der Waals surface area contributed by atoms with Crippen molar-refractivity contribution in [3.63, 3.8) is 0 Å². The second-order valence-electron chi connectivity index (χ2n) is 9.62. The van der Waals surface area contributed by atoms with Gasteiger partial charge in [-0.25, -0.2) is 8.70 Å². The Kier molecular flexibility index (Phi) is 10.0. The minimum absolute atomic E-state index is 0.0830. The number of carbonyl (C=O) groups excluding carboxylic acids is 2. The molecule has 1 unspecified atom stereocenters. The first-order valence-corrected chi connectivity index (χ1v) is 14.1. The number of halogens is 1. The zero-order valence-corrected chi connectivity index (χ0v) is 22.6. The molecule has 1 atom stereocenters. The van der Waals surface area contributed by atoms with E-state index in [1.165, 1.54) is 31.1 Å². The van der Waals surface area contributed by atoms with Crippen LogP contribution in [0.1, 0.15) is 44.6 Å². The lowest BCUT2D eigenvalue weighted by Crippen LogP contribution is -2.54. The van der Waals surface area contributed by atoms with Crippen LogP contribution in [0.15, 0.2) is 54.6 Å². The molecule has 0 spiro atoms. The first-order chi connectivity index (χ1) is 17.6. The molecule has 2 amide bonds. The van der Waals surface area contributed by atoms with Crippen LogP contribution in [-0.4, -0.2) is 68.7 Å². The van der Waals surface area contributed by atoms with E-state index >= 15 is 0 Å². The summed E-state index contributed by atoms with van der Waals surface area (Å²) in [6, 6.07) is 13.8. The largest absolute Gasteiger partial charge is 0.352 e. The first-order valence-electron chi connectivity index (χ1n) is 12.7. The highest BCUT2D eigenvalue weighted by molar-refractivity contribution is 7.90. The Morgan fingerprint density at radius 1 is 1.00 bits per heavy atom. The van der Waals surface area contributed by atoms with Crippen molar-refractivity contribution in [3.8, 4) is 0 Å². The Morgan fingerprint density at radius 3 is 2.22 bits per heavy atom. The van der Waals surface area contributed by atoms with Crippen molar-refractivity contribution in [1.29, 1.82) is 0 Å². The van der Waals surface area contributed by atoms with Gasteiger partial charge in [-0.2, -0.15) is 12.7 Å². The average molecular weight is 533 g/mol. The number of anilines is 1. The molecule has 1 N–H and O–H groups in total. The molecule has 0 saturated heterocycles. The number of benzene rings is 2. The standard InChI is InChI=1S/C27H37FN4O4S/c1-21(27(34)29-24-12-8-5-9-13-24)31(19-18-22-10-6-4-7-11-22)26(33)20-32(37(35,36)30(2)3)25-16-14-23(28)15-17-25/h4,6-7,10-11,14-17,21,24H,5,8-9,12-13,18-20H2,1-3H3,(H,29,34). The minimum atomic E-state index is -4.07. The fraction of sp³-hybridized carbons (Fsp3) is 0.481. The molecule has 1 aliphatic carbocycles. The van der Waals surface area contributed by atoms with E-state index in [1.807, 2.05) is 30.3 Å². The van der Waals surface area contributed by atoms with E-state index in [-0.39, 0.29) is 24.2 Å². The molecule has 0 radical (unpaired) electrons. The van der Waals surface area contributed by atoms with Crippen LogP contribution in [0.2, 0.25) is 0 Å². The molecule has 202 valence electrons. The van der Waals surface area contributed by atoms with E-state index in [1.54, 1.807) is 6.92 Å². The maximum atomic E-state index is 13.7. The summed E-state index contributed by atoms with van der Waals surface area (Å²) in [5, 5.41) is 3.08. The van der Waals surface area contributed by atoms with Gasteiger partial charge < -0.3 is 10.2 Å². The Balaban J connectivity index is 1.85. The van der Waals surface area contributed by atoms with Crippen molar-refractivity contribution in [2.45, 2.75) is 57.5 Å². The first kappa shape index (κ1) is 28.6. The summed E-state index contributed by atoms with van der Waals surface area (Å²) in [5.41, 5.74) is 1.15. The highest BCUT2D eigenvalue weighted by Gasteiger charge is 2.33. The van der Waals surface area contributed by atoms with Gasteiger partial charge in [-0.1, -0.05) is 49.6 Å². The zero-order chi connectivity index (χ0) is 27.0. The predicted octanol–water partition coefficient (Wildman–Crippen LogP) is 3.35. The van der Waals surface area contributed by atoms with Crippen molar-refractivity contribution in [2.75, 3.05) is 31.5 Å². The van der Waals surface area contributed by atoms with E-state index in [9.17, 15) is 22.4 Å². The smallest absolute Gasteiger partial charge is 0.304 e. The molecule has 1 aliphatic rings. The number of hydrogen-bond donors (Lipinski definition) is 1. The molecule has 8 nitrogen and oxygen atoms in total. The predicted molar refractivity (Wildman–Crippen MR) is 143 cm³/mol. The Morgan fingerprint density at radius 2 is 1.62 bits per heavy atom. The van der Waals surface area contributed by atoms with Gasteiger partial charge in [-0.3, -0.25) is 9.59 Å². The number of rotatable bonds is 11. The molecule has 0 aliphatic heterocycles. The maximum Gasteiger partial charge on any atom is 0.304 e. The summed E-state index contributed by atoms with van der Waals surface area (Å²) in [6.45, 7) is 1.38. The molecule has 0 aromatic heterocycles. The van der Waals surface area contributed by atoms with Gasteiger partial charge >= 0.3 is 10.2 Å². The minimum Gasteiger partial charge on any atom is -0.352 e. The Bertz CT molecular complexity index is 1140. The SMILES string of the molecule is CC(C(=O)NC1CCCCC1)N(CCc1ccccc1)C(=O)CN(c1ccc(F)cc1)S(=O)(=O)N(C)C. The van der Waals surface area contributed by atoms with E-state index in [4.69, 9.17) is 0 Å². The van der Waals surface area contributed by atoms with Crippen LogP contribution in [0.25, 0.3) is 0 Å². The van der Waals surface area contributed by atoms with Crippen molar-refractivity contribution in [2.24, 2.45) is 0 Å². The third-order valence-corrected chi connectivity index (χ3v) is 8.56. The summed E-state index contributed by atoms with van der Waals surface area (Å²) >= 11 is 0. The van der Waals surface area contributed by atoms with Crippen LogP contribution in [0, 0.1) is 5.82 Å². The Hall–Kier alpha value is -2.98. The topological polar surface area (TPSA) is 90.0 Å². The molecular weight excluding hydrogens is 495 g/mol. The van der Waals surface area contributed by atoms with Gasteiger partial charge in [0.15, 0.2) is 0 Å².